The van der Waals surface area contributed by atoms with Crippen molar-refractivity contribution in [2.45, 2.75) is 23.7 Å². The summed E-state index contributed by atoms with van der Waals surface area (Å²) in [6.45, 7) is 0.961. The van der Waals surface area contributed by atoms with Crippen LogP contribution in [0.25, 0.3) is 11.4 Å². The molecule has 2 aromatic carbocycles. The number of piperidine rings is 1. The van der Waals surface area contributed by atoms with Gasteiger partial charge in [0.25, 0.3) is 0 Å². The summed E-state index contributed by atoms with van der Waals surface area (Å²) >= 11 is 0. The van der Waals surface area contributed by atoms with Crippen molar-refractivity contribution >= 4 is 21.7 Å². The minimum absolute atomic E-state index is 0.0307. The fourth-order valence-electron chi connectivity index (χ4n) is 3.41. The van der Waals surface area contributed by atoms with E-state index in [0.29, 0.717) is 36.1 Å². The largest absolute Gasteiger partial charge is 0.339 e. The molecule has 4 rings (SSSR count). The fraction of sp³-hybridized carbons (Fsp3) is 0.250. The van der Waals surface area contributed by atoms with Crippen LogP contribution in [0.3, 0.4) is 0 Å². The molecule has 2 heterocycles. The molecule has 0 aliphatic carbocycles. The van der Waals surface area contributed by atoms with E-state index >= 15 is 0 Å². The number of carbonyl (C=O) groups is 1. The van der Waals surface area contributed by atoms with Gasteiger partial charge in [-0.15, -0.1) is 0 Å². The summed E-state index contributed by atoms with van der Waals surface area (Å²) in [6, 6.07) is 11.1. The third-order valence-electron chi connectivity index (χ3n) is 5.04. The number of aromatic nitrogens is 2. The Hall–Kier alpha value is -3.31. The second kappa shape index (κ2) is 8.44. The minimum Gasteiger partial charge on any atom is -0.339 e. The lowest BCUT2D eigenvalue weighted by Crippen LogP contribution is -2.41. The highest BCUT2D eigenvalue weighted by atomic mass is 32.2. The van der Waals surface area contributed by atoms with Gasteiger partial charge in [0, 0.05) is 24.3 Å². The second-order valence-corrected chi connectivity index (χ2v) is 8.81. The molecular formula is C20H20FN5O4S. The molecule has 0 bridgehead atoms. The summed E-state index contributed by atoms with van der Waals surface area (Å²) in [7, 11) is -3.79. The Morgan fingerprint density at radius 3 is 2.55 bits per heavy atom. The molecule has 1 atom stereocenters. The van der Waals surface area contributed by atoms with Gasteiger partial charge in [-0.2, -0.15) is 4.98 Å². The summed E-state index contributed by atoms with van der Waals surface area (Å²) in [5, 5.41) is 11.8. The molecule has 0 radical (unpaired) electrons. The second-order valence-electron chi connectivity index (χ2n) is 7.25. The molecule has 0 spiro atoms. The Kier molecular flexibility index (Phi) is 5.70. The molecule has 3 aromatic rings. The summed E-state index contributed by atoms with van der Waals surface area (Å²) in [5.41, 5.74) is 1.10. The molecule has 9 nitrogen and oxygen atoms in total. The number of nitrogens with two attached hydrogens (primary N) is 1. The Bertz CT molecular complexity index is 1180. The highest BCUT2D eigenvalue weighted by molar-refractivity contribution is 7.89. The van der Waals surface area contributed by atoms with Gasteiger partial charge in [-0.1, -0.05) is 5.16 Å². The molecular weight excluding hydrogens is 425 g/mol. The molecule has 1 saturated heterocycles. The van der Waals surface area contributed by atoms with Crippen LogP contribution in [0.4, 0.5) is 14.9 Å². The van der Waals surface area contributed by atoms with E-state index in [0.717, 1.165) is 12.8 Å². The van der Waals surface area contributed by atoms with Crippen LogP contribution in [-0.4, -0.2) is 42.6 Å². The van der Waals surface area contributed by atoms with Gasteiger partial charge in [-0.25, -0.2) is 22.7 Å². The van der Waals surface area contributed by atoms with Crippen LogP contribution in [0.15, 0.2) is 57.9 Å². The highest BCUT2D eigenvalue weighted by Gasteiger charge is 2.29. The molecule has 2 amide bonds. The van der Waals surface area contributed by atoms with E-state index < -0.39 is 10.0 Å². The van der Waals surface area contributed by atoms with E-state index in [1.807, 2.05) is 0 Å². The van der Waals surface area contributed by atoms with Crippen molar-refractivity contribution < 1.29 is 22.1 Å². The van der Waals surface area contributed by atoms with Crippen molar-refractivity contribution in [3.05, 3.63) is 60.2 Å². The lowest BCUT2D eigenvalue weighted by atomic mass is 9.98. The lowest BCUT2D eigenvalue weighted by Gasteiger charge is -2.31. The van der Waals surface area contributed by atoms with Gasteiger partial charge >= 0.3 is 6.03 Å². The molecule has 162 valence electrons. The SMILES string of the molecule is NS(=O)(=O)c1ccc(NC(=O)N2CCCC(c3nc(-c4ccc(F)cc4)no3)C2)cc1. The first-order valence-electron chi connectivity index (χ1n) is 9.58. The zero-order chi connectivity index (χ0) is 22.0. The van der Waals surface area contributed by atoms with E-state index in [2.05, 4.69) is 15.5 Å². The van der Waals surface area contributed by atoms with Crippen LogP contribution in [0.2, 0.25) is 0 Å². The number of rotatable bonds is 4. The number of hydrogen-bond donors (Lipinski definition) is 2. The first-order chi connectivity index (χ1) is 14.8. The number of benzene rings is 2. The van der Waals surface area contributed by atoms with Crippen molar-refractivity contribution in [1.82, 2.24) is 15.0 Å². The third-order valence-corrected chi connectivity index (χ3v) is 5.97. The van der Waals surface area contributed by atoms with Crippen molar-refractivity contribution in [3.8, 4) is 11.4 Å². The predicted octanol–water partition coefficient (Wildman–Crippen LogP) is 2.93. The summed E-state index contributed by atoms with van der Waals surface area (Å²) in [4.78, 5) is 18.7. The van der Waals surface area contributed by atoms with E-state index in [1.165, 1.54) is 36.4 Å². The zero-order valence-corrected chi connectivity index (χ0v) is 17.2. The van der Waals surface area contributed by atoms with Crippen molar-refractivity contribution in [2.24, 2.45) is 5.14 Å². The number of urea groups is 1. The van der Waals surface area contributed by atoms with Crippen molar-refractivity contribution in [3.63, 3.8) is 0 Å². The van der Waals surface area contributed by atoms with Crippen molar-refractivity contribution in [2.75, 3.05) is 18.4 Å². The van der Waals surface area contributed by atoms with Gasteiger partial charge in [0.1, 0.15) is 5.82 Å². The quantitative estimate of drug-likeness (QED) is 0.635. The summed E-state index contributed by atoms with van der Waals surface area (Å²) < 4.78 is 41.2. The number of amides is 2. The first kappa shape index (κ1) is 20.9. The molecule has 1 aliphatic rings. The number of halogens is 1. The Balaban J connectivity index is 1.41. The van der Waals surface area contributed by atoms with Crippen LogP contribution in [0.5, 0.6) is 0 Å². The highest BCUT2D eigenvalue weighted by Crippen LogP contribution is 2.28. The van der Waals surface area contributed by atoms with Gasteiger partial charge < -0.3 is 14.7 Å². The van der Waals surface area contributed by atoms with E-state index in [-0.39, 0.29) is 22.7 Å². The Morgan fingerprint density at radius 2 is 1.87 bits per heavy atom. The molecule has 1 unspecified atom stereocenters. The molecule has 3 N–H and O–H groups in total. The molecule has 1 fully saturated rings. The number of nitrogens with zero attached hydrogens (tertiary/aromatic N) is 3. The summed E-state index contributed by atoms with van der Waals surface area (Å²) in [5.74, 6) is 0.326. The van der Waals surface area contributed by atoms with Crippen LogP contribution in [-0.2, 0) is 10.0 Å². The van der Waals surface area contributed by atoms with Gasteiger partial charge in [0.15, 0.2) is 0 Å². The lowest BCUT2D eigenvalue weighted by molar-refractivity contribution is 0.184. The maximum Gasteiger partial charge on any atom is 0.321 e. The van der Waals surface area contributed by atoms with Gasteiger partial charge in [-0.3, -0.25) is 0 Å². The van der Waals surface area contributed by atoms with Crippen LogP contribution < -0.4 is 10.5 Å². The minimum atomic E-state index is -3.79. The van der Waals surface area contributed by atoms with Crippen molar-refractivity contribution in [1.29, 1.82) is 0 Å². The maximum absolute atomic E-state index is 13.1. The Labute approximate surface area is 178 Å². The average Bonchev–Trinajstić information content (AvgIpc) is 3.24. The molecule has 31 heavy (non-hydrogen) atoms. The number of sulfonamides is 1. The van der Waals surface area contributed by atoms with Crippen LogP contribution in [0.1, 0.15) is 24.7 Å². The standard InChI is InChI=1S/C20H20FN5O4S/c21-15-5-3-13(4-6-15)18-24-19(30-25-18)14-2-1-11-26(12-14)20(27)23-16-7-9-17(10-8-16)31(22,28)29/h3-10,14H,1-2,11-12H2,(H,23,27)(H2,22,28,29). The Morgan fingerprint density at radius 1 is 1.16 bits per heavy atom. The zero-order valence-electron chi connectivity index (χ0n) is 16.4. The van der Waals surface area contributed by atoms with Gasteiger partial charge in [-0.05, 0) is 61.4 Å². The van der Waals surface area contributed by atoms with E-state index in [1.54, 1.807) is 17.0 Å². The first-order valence-corrected chi connectivity index (χ1v) is 11.1. The molecule has 11 heteroatoms. The number of nitrogens with one attached hydrogen (secondary N) is 1. The average molecular weight is 445 g/mol. The molecule has 0 saturated carbocycles. The summed E-state index contributed by atoms with van der Waals surface area (Å²) in [6.07, 6.45) is 1.55. The van der Waals surface area contributed by atoms with Gasteiger partial charge in [0.05, 0.1) is 10.8 Å². The number of carbonyl (C=O) groups excluding carboxylic acids is 1. The van der Waals surface area contributed by atoms with Crippen LogP contribution >= 0.6 is 0 Å². The predicted molar refractivity (Wildman–Crippen MR) is 110 cm³/mol. The maximum atomic E-state index is 13.1. The molecule has 1 aromatic heterocycles. The number of primary sulfonamides is 1. The van der Waals surface area contributed by atoms with E-state index in [9.17, 15) is 17.6 Å². The topological polar surface area (TPSA) is 131 Å². The number of hydrogen-bond acceptors (Lipinski definition) is 6. The monoisotopic (exact) mass is 445 g/mol. The van der Waals surface area contributed by atoms with Crippen LogP contribution in [0, 0.1) is 5.82 Å². The molecule has 1 aliphatic heterocycles. The normalized spacial score (nSPS) is 16.8. The fourth-order valence-corrected chi connectivity index (χ4v) is 3.93. The smallest absolute Gasteiger partial charge is 0.321 e. The third kappa shape index (κ3) is 4.89. The van der Waals surface area contributed by atoms with E-state index in [4.69, 9.17) is 9.66 Å². The van der Waals surface area contributed by atoms with Gasteiger partial charge in [0.2, 0.25) is 21.7 Å². The number of anilines is 1. The number of likely N-dealkylation sites (tertiary alicyclic amines) is 1.